The van der Waals surface area contributed by atoms with E-state index in [0.717, 1.165) is 24.8 Å². The molecule has 0 bridgehead atoms. The Kier molecular flexibility index (Phi) is 8.16. The summed E-state index contributed by atoms with van der Waals surface area (Å²) in [5, 5.41) is 9.22. The lowest BCUT2D eigenvalue weighted by Crippen LogP contribution is -2.32. The van der Waals surface area contributed by atoms with Crippen LogP contribution in [0.4, 0.5) is 0 Å². The highest BCUT2D eigenvalue weighted by molar-refractivity contribution is 5.91. The van der Waals surface area contributed by atoms with E-state index < -0.39 is 0 Å². The minimum absolute atomic E-state index is 0.0199. The van der Waals surface area contributed by atoms with Crippen molar-refractivity contribution in [1.29, 1.82) is 0 Å². The van der Waals surface area contributed by atoms with Crippen molar-refractivity contribution in [3.05, 3.63) is 35.9 Å². The van der Waals surface area contributed by atoms with Gasteiger partial charge in [0.2, 0.25) is 5.91 Å². The minimum Gasteiger partial charge on any atom is -0.508 e. The molecular weight excluding hydrogens is 266 g/mol. The Morgan fingerprint density at radius 2 is 1.67 bits per heavy atom. The van der Waals surface area contributed by atoms with E-state index in [2.05, 4.69) is 0 Å². The van der Waals surface area contributed by atoms with Crippen LogP contribution in [0.1, 0.15) is 24.8 Å². The third kappa shape index (κ3) is 6.92. The molecule has 116 valence electrons. The van der Waals surface area contributed by atoms with E-state index in [9.17, 15) is 9.90 Å². The third-order valence-electron chi connectivity index (χ3n) is 3.14. The summed E-state index contributed by atoms with van der Waals surface area (Å²) in [6.45, 7) is 2.58. The fraction of sp³-hybridized carbons (Fsp3) is 0.438. The number of carbonyl (C=O) groups is 1. The molecular formula is C16H25N3O2. The summed E-state index contributed by atoms with van der Waals surface area (Å²) in [6, 6.07) is 6.71. The molecule has 0 radical (unpaired) electrons. The molecule has 0 spiro atoms. The van der Waals surface area contributed by atoms with Crippen molar-refractivity contribution in [3.8, 4) is 5.75 Å². The van der Waals surface area contributed by atoms with Gasteiger partial charge >= 0.3 is 0 Å². The van der Waals surface area contributed by atoms with Crippen molar-refractivity contribution in [2.75, 3.05) is 26.2 Å². The van der Waals surface area contributed by atoms with Gasteiger partial charge in [0.1, 0.15) is 5.75 Å². The summed E-state index contributed by atoms with van der Waals surface area (Å²) >= 11 is 0. The molecule has 0 atom stereocenters. The molecule has 5 nitrogen and oxygen atoms in total. The highest BCUT2D eigenvalue weighted by Crippen LogP contribution is 2.11. The number of unbranched alkanes of at least 4 members (excludes halogenated alkanes) is 1. The predicted octanol–water partition coefficient (Wildman–Crippen LogP) is 1.32. The number of hydrogen-bond donors (Lipinski definition) is 3. The third-order valence-corrected chi connectivity index (χ3v) is 3.14. The molecule has 0 aliphatic carbocycles. The Balaban J connectivity index is 2.58. The molecule has 1 aromatic rings. The maximum atomic E-state index is 12.2. The molecule has 0 saturated carbocycles. The average Bonchev–Trinajstić information content (AvgIpc) is 2.50. The summed E-state index contributed by atoms with van der Waals surface area (Å²) in [6.07, 6.45) is 5.92. The Hall–Kier alpha value is -1.85. The first-order valence-corrected chi connectivity index (χ1v) is 7.33. The smallest absolute Gasteiger partial charge is 0.246 e. The van der Waals surface area contributed by atoms with Crippen LogP contribution in [0.2, 0.25) is 0 Å². The van der Waals surface area contributed by atoms with Crippen LogP contribution in [0.3, 0.4) is 0 Å². The number of amides is 1. The SMILES string of the molecule is NCCCCN(CCCN)C(=O)/C=C/c1ccc(O)cc1. The zero-order chi connectivity index (χ0) is 15.5. The second-order valence-electron chi connectivity index (χ2n) is 4.89. The quantitative estimate of drug-likeness (QED) is 0.472. The average molecular weight is 291 g/mol. The summed E-state index contributed by atoms with van der Waals surface area (Å²) in [5.41, 5.74) is 11.9. The molecule has 21 heavy (non-hydrogen) atoms. The number of phenols is 1. The van der Waals surface area contributed by atoms with E-state index in [4.69, 9.17) is 11.5 Å². The second-order valence-corrected chi connectivity index (χ2v) is 4.89. The minimum atomic E-state index is -0.0199. The van der Waals surface area contributed by atoms with Crippen molar-refractivity contribution >= 4 is 12.0 Å². The highest BCUT2D eigenvalue weighted by Gasteiger charge is 2.09. The van der Waals surface area contributed by atoms with Crippen LogP contribution in [-0.4, -0.2) is 42.1 Å². The lowest BCUT2D eigenvalue weighted by Gasteiger charge is -2.20. The first-order chi connectivity index (χ1) is 10.2. The maximum Gasteiger partial charge on any atom is 0.246 e. The summed E-state index contributed by atoms with van der Waals surface area (Å²) < 4.78 is 0. The molecule has 0 aromatic heterocycles. The zero-order valence-corrected chi connectivity index (χ0v) is 12.4. The molecule has 0 aliphatic rings. The van der Waals surface area contributed by atoms with E-state index >= 15 is 0 Å². The fourth-order valence-corrected chi connectivity index (χ4v) is 1.92. The molecule has 1 aromatic carbocycles. The van der Waals surface area contributed by atoms with Crippen molar-refractivity contribution in [1.82, 2.24) is 4.90 Å². The van der Waals surface area contributed by atoms with Crippen LogP contribution in [0.5, 0.6) is 5.75 Å². The van der Waals surface area contributed by atoms with E-state index in [0.29, 0.717) is 26.2 Å². The van der Waals surface area contributed by atoms with Crippen LogP contribution in [-0.2, 0) is 4.79 Å². The molecule has 0 aliphatic heterocycles. The van der Waals surface area contributed by atoms with Gasteiger partial charge in [0.15, 0.2) is 0 Å². The maximum absolute atomic E-state index is 12.2. The Bertz CT molecular complexity index is 443. The normalized spacial score (nSPS) is 11.0. The van der Waals surface area contributed by atoms with E-state index in [1.54, 1.807) is 41.3 Å². The van der Waals surface area contributed by atoms with Crippen LogP contribution < -0.4 is 11.5 Å². The summed E-state index contributed by atoms with van der Waals surface area (Å²) in [7, 11) is 0. The van der Waals surface area contributed by atoms with Gasteiger partial charge in [-0.05, 0) is 56.1 Å². The van der Waals surface area contributed by atoms with Crippen molar-refractivity contribution in [2.24, 2.45) is 11.5 Å². The van der Waals surface area contributed by atoms with E-state index in [-0.39, 0.29) is 11.7 Å². The van der Waals surface area contributed by atoms with Gasteiger partial charge in [-0.1, -0.05) is 12.1 Å². The molecule has 5 heteroatoms. The topological polar surface area (TPSA) is 92.6 Å². The lowest BCUT2D eigenvalue weighted by molar-refractivity contribution is -0.126. The number of rotatable bonds is 9. The first kappa shape index (κ1) is 17.2. The summed E-state index contributed by atoms with van der Waals surface area (Å²) in [5.74, 6) is 0.193. The van der Waals surface area contributed by atoms with E-state index in [1.165, 1.54) is 0 Å². The largest absolute Gasteiger partial charge is 0.508 e. The Labute approximate surface area is 126 Å². The van der Waals surface area contributed by atoms with Gasteiger partial charge in [0, 0.05) is 19.2 Å². The Morgan fingerprint density at radius 1 is 1.05 bits per heavy atom. The van der Waals surface area contributed by atoms with Crippen molar-refractivity contribution in [2.45, 2.75) is 19.3 Å². The zero-order valence-electron chi connectivity index (χ0n) is 12.4. The number of nitrogens with two attached hydrogens (primary N) is 2. The van der Waals surface area contributed by atoms with E-state index in [1.807, 2.05) is 0 Å². The lowest BCUT2D eigenvalue weighted by atomic mass is 10.2. The van der Waals surface area contributed by atoms with Gasteiger partial charge < -0.3 is 21.5 Å². The number of carbonyl (C=O) groups excluding carboxylic acids is 1. The number of phenolic OH excluding ortho intramolecular Hbond substituents is 1. The predicted molar refractivity (Wildman–Crippen MR) is 85.7 cm³/mol. The molecule has 0 fully saturated rings. The van der Waals surface area contributed by atoms with Crippen LogP contribution in [0.25, 0.3) is 6.08 Å². The molecule has 0 heterocycles. The molecule has 0 saturated heterocycles. The summed E-state index contributed by atoms with van der Waals surface area (Å²) in [4.78, 5) is 14.0. The Morgan fingerprint density at radius 3 is 2.29 bits per heavy atom. The molecule has 1 amide bonds. The van der Waals surface area contributed by atoms with Gasteiger partial charge in [-0.2, -0.15) is 0 Å². The van der Waals surface area contributed by atoms with Gasteiger partial charge in [-0.25, -0.2) is 0 Å². The van der Waals surface area contributed by atoms with Gasteiger partial charge in [0.25, 0.3) is 0 Å². The van der Waals surface area contributed by atoms with Crippen molar-refractivity contribution in [3.63, 3.8) is 0 Å². The molecule has 5 N–H and O–H groups in total. The number of nitrogens with zero attached hydrogens (tertiary/aromatic N) is 1. The number of benzene rings is 1. The monoisotopic (exact) mass is 291 g/mol. The number of aromatic hydroxyl groups is 1. The molecule has 1 rings (SSSR count). The first-order valence-electron chi connectivity index (χ1n) is 7.33. The highest BCUT2D eigenvalue weighted by atomic mass is 16.3. The van der Waals surface area contributed by atoms with Gasteiger partial charge in [-0.3, -0.25) is 4.79 Å². The van der Waals surface area contributed by atoms with Gasteiger partial charge in [-0.15, -0.1) is 0 Å². The van der Waals surface area contributed by atoms with Gasteiger partial charge in [0.05, 0.1) is 0 Å². The molecule has 0 unspecified atom stereocenters. The van der Waals surface area contributed by atoms with Crippen LogP contribution in [0, 0.1) is 0 Å². The van der Waals surface area contributed by atoms with Crippen molar-refractivity contribution < 1.29 is 9.90 Å². The van der Waals surface area contributed by atoms with Crippen LogP contribution in [0.15, 0.2) is 30.3 Å². The number of hydrogen-bond acceptors (Lipinski definition) is 4. The fourth-order valence-electron chi connectivity index (χ4n) is 1.92. The standard InChI is InChI=1S/C16H25N3O2/c17-10-1-2-12-19(13-3-11-18)16(21)9-6-14-4-7-15(20)8-5-14/h4-9,20H,1-3,10-13,17-18H2/b9-6+. The second kappa shape index (κ2) is 9.96. The van der Waals surface area contributed by atoms with Crippen LogP contribution >= 0.6 is 0 Å².